The van der Waals surface area contributed by atoms with Crippen LogP contribution in [0.15, 0.2) is 59.9 Å². The molecule has 1 atom stereocenters. The highest BCUT2D eigenvalue weighted by Crippen LogP contribution is 2.16. The Kier molecular flexibility index (Phi) is 7.16. The molecule has 1 aromatic carbocycles. The molecular formula is C20H28N6O. The van der Waals surface area contributed by atoms with E-state index in [0.29, 0.717) is 12.5 Å². The first kappa shape index (κ1) is 20.2. The maximum absolute atomic E-state index is 11.9. The molecule has 0 saturated carbocycles. The summed E-state index contributed by atoms with van der Waals surface area (Å²) in [5.74, 6) is 0.518. The molecule has 2 rings (SSSR count). The summed E-state index contributed by atoms with van der Waals surface area (Å²) in [4.78, 5) is 17.8. The van der Waals surface area contributed by atoms with E-state index in [1.165, 1.54) is 4.90 Å². The Morgan fingerprint density at radius 2 is 2.15 bits per heavy atom. The number of benzene rings is 1. The minimum atomic E-state index is -0.0558. The molecule has 0 bridgehead atoms. The van der Waals surface area contributed by atoms with E-state index in [1.807, 2.05) is 49.0 Å². The average Bonchev–Trinajstić information content (AvgIpc) is 3.18. The number of nitrogens with one attached hydrogen (secondary N) is 2. The molecule has 1 unspecified atom stereocenters. The molecule has 2 aromatic rings. The molecule has 1 heterocycles. The van der Waals surface area contributed by atoms with Gasteiger partial charge in [0.15, 0.2) is 5.96 Å². The Morgan fingerprint density at radius 1 is 1.37 bits per heavy atom. The SMILES string of the molecule is C=C(C)CNC(=NCC(=O)N(C)C)NC(C)c1cccc(-n2cccn2)c1. The van der Waals surface area contributed by atoms with E-state index in [1.54, 1.807) is 20.3 Å². The Morgan fingerprint density at radius 3 is 2.78 bits per heavy atom. The molecule has 144 valence electrons. The van der Waals surface area contributed by atoms with Crippen LogP contribution in [0.1, 0.15) is 25.5 Å². The van der Waals surface area contributed by atoms with Crippen molar-refractivity contribution >= 4 is 11.9 Å². The van der Waals surface area contributed by atoms with Crippen LogP contribution in [0.2, 0.25) is 0 Å². The molecule has 7 heteroatoms. The smallest absolute Gasteiger partial charge is 0.243 e. The summed E-state index contributed by atoms with van der Waals surface area (Å²) in [7, 11) is 3.44. The molecule has 7 nitrogen and oxygen atoms in total. The van der Waals surface area contributed by atoms with Crippen molar-refractivity contribution in [1.82, 2.24) is 25.3 Å². The molecular weight excluding hydrogens is 340 g/mol. The second-order valence-electron chi connectivity index (χ2n) is 6.68. The molecule has 0 fully saturated rings. The highest BCUT2D eigenvalue weighted by Gasteiger charge is 2.11. The first-order chi connectivity index (χ1) is 12.9. The van der Waals surface area contributed by atoms with Gasteiger partial charge in [0.1, 0.15) is 6.54 Å². The third-order valence-electron chi connectivity index (χ3n) is 3.92. The van der Waals surface area contributed by atoms with Crippen LogP contribution < -0.4 is 10.6 Å². The molecule has 0 spiro atoms. The fourth-order valence-corrected chi connectivity index (χ4v) is 2.32. The van der Waals surface area contributed by atoms with E-state index in [9.17, 15) is 4.79 Å². The number of amides is 1. The van der Waals surface area contributed by atoms with Gasteiger partial charge in [-0.05, 0) is 37.6 Å². The molecule has 1 aromatic heterocycles. The maximum Gasteiger partial charge on any atom is 0.243 e. The van der Waals surface area contributed by atoms with Crippen molar-refractivity contribution in [2.45, 2.75) is 19.9 Å². The van der Waals surface area contributed by atoms with Gasteiger partial charge in [0.2, 0.25) is 5.91 Å². The van der Waals surface area contributed by atoms with Gasteiger partial charge in [-0.1, -0.05) is 24.3 Å². The molecule has 2 N–H and O–H groups in total. The summed E-state index contributed by atoms with van der Waals surface area (Å²) in [5, 5.41) is 10.8. The monoisotopic (exact) mass is 368 g/mol. The van der Waals surface area contributed by atoms with Crippen LogP contribution in [0.3, 0.4) is 0 Å². The number of carbonyl (C=O) groups is 1. The van der Waals surface area contributed by atoms with Crippen LogP contribution >= 0.6 is 0 Å². The number of guanidine groups is 1. The van der Waals surface area contributed by atoms with Gasteiger partial charge in [-0.15, -0.1) is 0 Å². The number of aliphatic imine (C=N–C) groups is 1. The van der Waals surface area contributed by atoms with E-state index in [2.05, 4.69) is 33.4 Å². The van der Waals surface area contributed by atoms with Crippen molar-refractivity contribution < 1.29 is 4.79 Å². The van der Waals surface area contributed by atoms with Crippen molar-refractivity contribution in [3.8, 4) is 5.69 Å². The lowest BCUT2D eigenvalue weighted by Gasteiger charge is -2.20. The second kappa shape index (κ2) is 9.56. The minimum Gasteiger partial charge on any atom is -0.353 e. The van der Waals surface area contributed by atoms with Crippen LogP contribution in [0.25, 0.3) is 5.69 Å². The predicted molar refractivity (Wildman–Crippen MR) is 109 cm³/mol. The standard InChI is InChI=1S/C20H28N6O/c1-15(2)13-21-20(22-14-19(27)25(4)5)24-16(3)17-8-6-9-18(12-17)26-11-7-10-23-26/h6-12,16H,1,13-14H2,2-5H3,(H2,21,22,24). The molecule has 27 heavy (non-hydrogen) atoms. The summed E-state index contributed by atoms with van der Waals surface area (Å²) < 4.78 is 1.82. The van der Waals surface area contributed by atoms with Gasteiger partial charge < -0.3 is 15.5 Å². The van der Waals surface area contributed by atoms with Crippen LogP contribution in [0, 0.1) is 0 Å². The summed E-state index contributed by atoms with van der Waals surface area (Å²) in [6.45, 7) is 8.55. The minimum absolute atomic E-state index is 0.00802. The first-order valence-corrected chi connectivity index (χ1v) is 8.86. The molecule has 0 saturated heterocycles. The Hall–Kier alpha value is -3.09. The van der Waals surface area contributed by atoms with E-state index in [4.69, 9.17) is 0 Å². The van der Waals surface area contributed by atoms with Gasteiger partial charge in [-0.25, -0.2) is 9.67 Å². The number of hydrogen-bond acceptors (Lipinski definition) is 3. The van der Waals surface area contributed by atoms with Gasteiger partial charge in [0.25, 0.3) is 0 Å². The predicted octanol–water partition coefficient (Wildman–Crippen LogP) is 2.13. The summed E-state index contributed by atoms with van der Waals surface area (Å²) in [6.07, 6.45) is 3.66. The fraction of sp³-hybridized carbons (Fsp3) is 0.350. The first-order valence-electron chi connectivity index (χ1n) is 8.86. The van der Waals surface area contributed by atoms with Crippen LogP contribution in [0.5, 0.6) is 0 Å². The Balaban J connectivity index is 2.13. The topological polar surface area (TPSA) is 74.6 Å². The van der Waals surface area contributed by atoms with Crippen LogP contribution in [-0.4, -0.2) is 53.7 Å². The van der Waals surface area contributed by atoms with Crippen LogP contribution in [-0.2, 0) is 4.79 Å². The number of nitrogens with zero attached hydrogens (tertiary/aromatic N) is 4. The molecule has 0 aliphatic heterocycles. The van der Waals surface area contributed by atoms with Gasteiger partial charge in [0.05, 0.1) is 11.7 Å². The fourth-order valence-electron chi connectivity index (χ4n) is 2.32. The Bertz CT molecular complexity index is 795. The number of likely N-dealkylation sites (N-methyl/N-ethyl adjacent to an activating group) is 1. The lowest BCUT2D eigenvalue weighted by atomic mass is 10.1. The van der Waals surface area contributed by atoms with Crippen molar-refractivity contribution in [2.75, 3.05) is 27.2 Å². The molecule has 0 radical (unpaired) electrons. The maximum atomic E-state index is 11.9. The van der Waals surface area contributed by atoms with Crippen molar-refractivity contribution in [2.24, 2.45) is 4.99 Å². The number of rotatable bonds is 7. The van der Waals surface area contributed by atoms with E-state index < -0.39 is 0 Å². The van der Waals surface area contributed by atoms with Gasteiger partial charge in [0, 0.05) is 33.0 Å². The lowest BCUT2D eigenvalue weighted by Crippen LogP contribution is -2.40. The molecule has 0 aliphatic carbocycles. The summed E-state index contributed by atoms with van der Waals surface area (Å²) in [5.41, 5.74) is 3.06. The normalized spacial score (nSPS) is 12.4. The quantitative estimate of drug-likeness (QED) is 0.446. The highest BCUT2D eigenvalue weighted by molar-refractivity contribution is 5.85. The van der Waals surface area contributed by atoms with E-state index in [-0.39, 0.29) is 18.5 Å². The highest BCUT2D eigenvalue weighted by atomic mass is 16.2. The van der Waals surface area contributed by atoms with Crippen molar-refractivity contribution in [3.05, 3.63) is 60.4 Å². The lowest BCUT2D eigenvalue weighted by molar-refractivity contribution is -0.127. The Labute approximate surface area is 160 Å². The average molecular weight is 368 g/mol. The molecule has 0 aliphatic rings. The number of hydrogen-bond donors (Lipinski definition) is 2. The molecule has 1 amide bonds. The number of aromatic nitrogens is 2. The zero-order valence-electron chi connectivity index (χ0n) is 16.4. The largest absolute Gasteiger partial charge is 0.353 e. The second-order valence-corrected chi connectivity index (χ2v) is 6.68. The zero-order chi connectivity index (χ0) is 19.8. The van der Waals surface area contributed by atoms with Gasteiger partial charge in [-0.3, -0.25) is 4.79 Å². The van der Waals surface area contributed by atoms with Gasteiger partial charge in [-0.2, -0.15) is 5.10 Å². The zero-order valence-corrected chi connectivity index (χ0v) is 16.4. The van der Waals surface area contributed by atoms with E-state index >= 15 is 0 Å². The third kappa shape index (κ3) is 6.29. The van der Waals surface area contributed by atoms with Crippen molar-refractivity contribution in [1.29, 1.82) is 0 Å². The number of carbonyl (C=O) groups excluding carboxylic acids is 1. The van der Waals surface area contributed by atoms with Crippen LogP contribution in [0.4, 0.5) is 0 Å². The van der Waals surface area contributed by atoms with Gasteiger partial charge >= 0.3 is 0 Å². The van der Waals surface area contributed by atoms with Crippen molar-refractivity contribution in [3.63, 3.8) is 0 Å². The summed E-state index contributed by atoms with van der Waals surface area (Å²) in [6, 6.07) is 10.0. The third-order valence-corrected chi connectivity index (χ3v) is 3.92. The van der Waals surface area contributed by atoms with E-state index in [0.717, 1.165) is 16.8 Å². The summed E-state index contributed by atoms with van der Waals surface area (Å²) >= 11 is 0.